The summed E-state index contributed by atoms with van der Waals surface area (Å²) in [5, 5.41) is 2.80. The molecule has 1 aromatic carbocycles. The van der Waals surface area contributed by atoms with Gasteiger partial charge in [-0.2, -0.15) is 4.98 Å². The molecule has 0 unspecified atom stereocenters. The molecule has 0 spiro atoms. The van der Waals surface area contributed by atoms with E-state index >= 15 is 0 Å². The third-order valence-electron chi connectivity index (χ3n) is 2.57. The maximum absolute atomic E-state index is 13.7. The molecule has 2 rings (SSSR count). The number of nitrogens with zero attached hydrogens (tertiary/aromatic N) is 3. The van der Waals surface area contributed by atoms with Crippen LogP contribution in [0.5, 0.6) is 0 Å². The summed E-state index contributed by atoms with van der Waals surface area (Å²) in [6, 6.07) is 9.86. The SMILES string of the molecule is CNc1ncc(F)c(N(C)Cc2ccccc2)n1. The van der Waals surface area contributed by atoms with Crippen molar-refractivity contribution >= 4 is 11.8 Å². The normalized spacial score (nSPS) is 10.2. The summed E-state index contributed by atoms with van der Waals surface area (Å²) in [5.41, 5.74) is 1.10. The number of hydrogen-bond acceptors (Lipinski definition) is 4. The van der Waals surface area contributed by atoms with Crippen LogP contribution in [0.3, 0.4) is 0 Å². The largest absolute Gasteiger partial charge is 0.357 e. The molecule has 0 saturated carbocycles. The van der Waals surface area contributed by atoms with Crippen LogP contribution in [0.25, 0.3) is 0 Å². The summed E-state index contributed by atoms with van der Waals surface area (Å²) >= 11 is 0. The summed E-state index contributed by atoms with van der Waals surface area (Å²) < 4.78 is 13.7. The summed E-state index contributed by atoms with van der Waals surface area (Å²) in [5.74, 6) is 0.275. The Morgan fingerprint density at radius 3 is 2.67 bits per heavy atom. The fraction of sp³-hybridized carbons (Fsp3) is 0.231. The zero-order valence-electron chi connectivity index (χ0n) is 10.4. The Bertz CT molecular complexity index is 516. The van der Waals surface area contributed by atoms with Gasteiger partial charge >= 0.3 is 0 Å². The molecule has 1 N–H and O–H groups in total. The summed E-state index contributed by atoms with van der Waals surface area (Å²) in [7, 11) is 3.51. The van der Waals surface area contributed by atoms with Crippen LogP contribution in [0, 0.1) is 5.82 Å². The van der Waals surface area contributed by atoms with Crippen LogP contribution in [-0.4, -0.2) is 24.1 Å². The smallest absolute Gasteiger partial charge is 0.224 e. The lowest BCUT2D eigenvalue weighted by atomic mass is 10.2. The molecule has 0 aliphatic heterocycles. The predicted molar refractivity (Wildman–Crippen MR) is 70.1 cm³/mol. The van der Waals surface area contributed by atoms with E-state index in [2.05, 4.69) is 15.3 Å². The quantitative estimate of drug-likeness (QED) is 0.898. The number of benzene rings is 1. The number of aromatic nitrogens is 2. The summed E-state index contributed by atoms with van der Waals surface area (Å²) in [4.78, 5) is 9.70. The second kappa shape index (κ2) is 5.44. The lowest BCUT2D eigenvalue weighted by Crippen LogP contribution is -2.20. The Morgan fingerprint density at radius 1 is 1.28 bits per heavy atom. The van der Waals surface area contributed by atoms with Crippen molar-refractivity contribution in [3.63, 3.8) is 0 Å². The highest BCUT2D eigenvalue weighted by Crippen LogP contribution is 2.17. The van der Waals surface area contributed by atoms with Gasteiger partial charge in [-0.1, -0.05) is 30.3 Å². The highest BCUT2D eigenvalue weighted by atomic mass is 19.1. The van der Waals surface area contributed by atoms with Crippen LogP contribution in [-0.2, 0) is 6.54 Å². The fourth-order valence-corrected chi connectivity index (χ4v) is 1.68. The third kappa shape index (κ3) is 2.74. The highest BCUT2D eigenvalue weighted by Gasteiger charge is 2.11. The monoisotopic (exact) mass is 246 g/mol. The highest BCUT2D eigenvalue weighted by molar-refractivity contribution is 5.43. The van der Waals surface area contributed by atoms with Gasteiger partial charge in [-0.25, -0.2) is 9.37 Å². The Kier molecular flexibility index (Phi) is 3.72. The van der Waals surface area contributed by atoms with Crippen LogP contribution in [0.15, 0.2) is 36.5 Å². The van der Waals surface area contributed by atoms with Crippen molar-refractivity contribution in [1.82, 2.24) is 9.97 Å². The van der Waals surface area contributed by atoms with Crippen molar-refractivity contribution in [2.75, 3.05) is 24.3 Å². The van der Waals surface area contributed by atoms with Crippen molar-refractivity contribution in [2.45, 2.75) is 6.54 Å². The Labute approximate surface area is 105 Å². The molecule has 0 aliphatic carbocycles. The molecule has 1 heterocycles. The number of anilines is 2. The molecule has 4 nitrogen and oxygen atoms in total. The van der Waals surface area contributed by atoms with Gasteiger partial charge in [0.1, 0.15) is 0 Å². The maximum Gasteiger partial charge on any atom is 0.224 e. The second-order valence-electron chi connectivity index (χ2n) is 3.96. The van der Waals surface area contributed by atoms with Gasteiger partial charge < -0.3 is 10.2 Å². The van der Waals surface area contributed by atoms with E-state index in [0.29, 0.717) is 18.3 Å². The van der Waals surface area contributed by atoms with Crippen molar-refractivity contribution < 1.29 is 4.39 Å². The molecular weight excluding hydrogens is 231 g/mol. The second-order valence-corrected chi connectivity index (χ2v) is 3.96. The molecule has 1 aromatic heterocycles. The van der Waals surface area contributed by atoms with E-state index in [0.717, 1.165) is 5.56 Å². The topological polar surface area (TPSA) is 41.1 Å². The van der Waals surface area contributed by atoms with Crippen molar-refractivity contribution in [1.29, 1.82) is 0 Å². The van der Waals surface area contributed by atoms with E-state index in [1.165, 1.54) is 6.20 Å². The van der Waals surface area contributed by atoms with Gasteiger partial charge in [-0.05, 0) is 5.56 Å². The third-order valence-corrected chi connectivity index (χ3v) is 2.57. The standard InChI is InChI=1S/C13H15FN4/c1-15-13-16-8-11(14)12(17-13)18(2)9-10-6-4-3-5-7-10/h3-8H,9H2,1-2H3,(H,15,16,17). The first-order valence-corrected chi connectivity index (χ1v) is 5.66. The first kappa shape index (κ1) is 12.3. The number of rotatable bonds is 4. The Hall–Kier alpha value is -2.17. The Morgan fingerprint density at radius 2 is 2.00 bits per heavy atom. The zero-order chi connectivity index (χ0) is 13.0. The molecule has 0 saturated heterocycles. The van der Waals surface area contributed by atoms with Gasteiger partial charge in [0, 0.05) is 20.6 Å². The lowest BCUT2D eigenvalue weighted by molar-refractivity contribution is 0.608. The van der Waals surface area contributed by atoms with Gasteiger partial charge in [-0.3, -0.25) is 0 Å². The average molecular weight is 246 g/mol. The van der Waals surface area contributed by atoms with E-state index < -0.39 is 5.82 Å². The maximum atomic E-state index is 13.7. The molecule has 0 atom stereocenters. The molecule has 0 aliphatic rings. The van der Waals surface area contributed by atoms with E-state index in [4.69, 9.17) is 0 Å². The van der Waals surface area contributed by atoms with Gasteiger partial charge in [0.2, 0.25) is 5.95 Å². The van der Waals surface area contributed by atoms with Gasteiger partial charge in [0.05, 0.1) is 6.20 Å². The molecule has 2 aromatic rings. The van der Waals surface area contributed by atoms with Gasteiger partial charge in [-0.15, -0.1) is 0 Å². The van der Waals surface area contributed by atoms with Crippen LogP contribution in [0.2, 0.25) is 0 Å². The number of nitrogens with one attached hydrogen (secondary N) is 1. The minimum absolute atomic E-state index is 0.290. The first-order chi connectivity index (χ1) is 8.70. The lowest BCUT2D eigenvalue weighted by Gasteiger charge is -2.19. The van der Waals surface area contributed by atoms with Crippen LogP contribution >= 0.6 is 0 Å². The minimum atomic E-state index is -0.424. The van der Waals surface area contributed by atoms with E-state index in [1.54, 1.807) is 19.0 Å². The van der Waals surface area contributed by atoms with Crippen LogP contribution in [0.1, 0.15) is 5.56 Å². The molecule has 0 radical (unpaired) electrons. The number of hydrogen-bond donors (Lipinski definition) is 1. The number of halogens is 1. The zero-order valence-corrected chi connectivity index (χ0v) is 10.4. The molecule has 5 heteroatoms. The molecule has 0 amide bonds. The molecule has 0 bridgehead atoms. The van der Waals surface area contributed by atoms with Crippen LogP contribution < -0.4 is 10.2 Å². The molecule has 0 fully saturated rings. The van der Waals surface area contributed by atoms with Gasteiger partial charge in [0.15, 0.2) is 11.6 Å². The summed E-state index contributed by atoms with van der Waals surface area (Å²) in [6.07, 6.45) is 1.18. The van der Waals surface area contributed by atoms with E-state index in [1.807, 2.05) is 30.3 Å². The van der Waals surface area contributed by atoms with Crippen molar-refractivity contribution in [2.24, 2.45) is 0 Å². The van der Waals surface area contributed by atoms with E-state index in [9.17, 15) is 4.39 Å². The Balaban J connectivity index is 2.20. The van der Waals surface area contributed by atoms with E-state index in [-0.39, 0.29) is 0 Å². The fourth-order valence-electron chi connectivity index (χ4n) is 1.68. The van der Waals surface area contributed by atoms with Crippen molar-refractivity contribution in [3.05, 3.63) is 47.9 Å². The minimum Gasteiger partial charge on any atom is -0.357 e. The first-order valence-electron chi connectivity index (χ1n) is 5.66. The van der Waals surface area contributed by atoms with Gasteiger partial charge in [0.25, 0.3) is 0 Å². The average Bonchev–Trinajstić information content (AvgIpc) is 2.40. The molecule has 94 valence electrons. The molecule has 18 heavy (non-hydrogen) atoms. The molecular formula is C13H15FN4. The summed E-state index contributed by atoms with van der Waals surface area (Å²) in [6.45, 7) is 0.595. The van der Waals surface area contributed by atoms with Crippen molar-refractivity contribution in [3.8, 4) is 0 Å². The van der Waals surface area contributed by atoms with Crippen LogP contribution in [0.4, 0.5) is 16.2 Å². The predicted octanol–water partition coefficient (Wildman–Crippen LogP) is 2.29.